The normalized spacial score (nSPS) is 16.1. The molecule has 2 fully saturated rings. The van der Waals surface area contributed by atoms with Crippen LogP contribution < -0.4 is 15.4 Å². The minimum atomic E-state index is -1.14. The third kappa shape index (κ3) is 7.57. The Hall–Kier alpha value is -4.56. The summed E-state index contributed by atoms with van der Waals surface area (Å²) in [6.45, 7) is 3.31. The van der Waals surface area contributed by atoms with Gasteiger partial charge in [0, 0.05) is 50.9 Å². The van der Waals surface area contributed by atoms with Crippen LogP contribution in [0.3, 0.4) is 0 Å². The number of methoxy groups -OCH3 is 1. The number of aromatic nitrogens is 2. The highest BCUT2D eigenvalue weighted by molar-refractivity contribution is 6.34. The summed E-state index contributed by atoms with van der Waals surface area (Å²) in [5.41, 5.74) is 0.715. The molecule has 15 heteroatoms. The second-order valence-electron chi connectivity index (χ2n) is 10.5. The van der Waals surface area contributed by atoms with Crippen LogP contribution in [0.2, 0.25) is 5.02 Å². The third-order valence-electron chi connectivity index (χ3n) is 7.74. The molecule has 1 unspecified atom stereocenters. The van der Waals surface area contributed by atoms with Crippen molar-refractivity contribution in [2.24, 2.45) is 13.0 Å². The fourth-order valence-corrected chi connectivity index (χ4v) is 5.57. The van der Waals surface area contributed by atoms with Gasteiger partial charge in [-0.05, 0) is 55.8 Å². The molecule has 0 spiro atoms. The Labute approximate surface area is 262 Å². The van der Waals surface area contributed by atoms with E-state index in [2.05, 4.69) is 15.6 Å². The van der Waals surface area contributed by atoms with Gasteiger partial charge in [-0.25, -0.2) is 9.37 Å². The Morgan fingerprint density at radius 3 is 2.44 bits per heavy atom. The lowest BCUT2D eigenvalue weighted by Gasteiger charge is -2.35. The van der Waals surface area contributed by atoms with Gasteiger partial charge in [-0.3, -0.25) is 19.2 Å². The van der Waals surface area contributed by atoms with Crippen molar-refractivity contribution in [3.63, 3.8) is 0 Å². The molecule has 240 valence electrons. The molecule has 2 aromatic carbocycles. The lowest BCUT2D eigenvalue weighted by molar-refractivity contribution is -0.133. The summed E-state index contributed by atoms with van der Waals surface area (Å²) in [5.74, 6) is -2.92. The number of hydrogen-bond donors (Lipinski definition) is 3. The Kier molecular flexibility index (Phi) is 11.1. The summed E-state index contributed by atoms with van der Waals surface area (Å²) >= 11 is 6.44. The summed E-state index contributed by atoms with van der Waals surface area (Å²) in [4.78, 5) is 54.7. The molecule has 1 atom stereocenters. The summed E-state index contributed by atoms with van der Waals surface area (Å²) in [6, 6.07) is 7.18. The number of carboxylic acid groups (broad SMARTS) is 1. The first-order chi connectivity index (χ1) is 21.6. The molecule has 0 saturated carbocycles. The fourth-order valence-electron chi connectivity index (χ4n) is 5.31. The number of halogens is 3. The highest BCUT2D eigenvalue weighted by Gasteiger charge is 2.28. The highest BCUT2D eigenvalue weighted by Crippen LogP contribution is 2.30. The number of nitrogens with one attached hydrogen (secondary N) is 2. The summed E-state index contributed by atoms with van der Waals surface area (Å²) in [6.07, 6.45) is 2.80. The SMILES string of the molecule is COc1ccc(-c2cnc(C(=O)Nc3ccc(C(=O)N4CCN(C(=O)CC5CCNC5)CC4)c(Cl)c3)n2C)c(F)c1F.O=CO. The van der Waals surface area contributed by atoms with Crippen LogP contribution in [0.1, 0.15) is 33.8 Å². The first-order valence-corrected chi connectivity index (χ1v) is 14.5. The van der Waals surface area contributed by atoms with E-state index in [4.69, 9.17) is 26.2 Å². The van der Waals surface area contributed by atoms with E-state index < -0.39 is 17.5 Å². The smallest absolute Gasteiger partial charge is 0.291 e. The van der Waals surface area contributed by atoms with Crippen LogP contribution in [0, 0.1) is 17.6 Å². The van der Waals surface area contributed by atoms with Crippen molar-refractivity contribution in [1.29, 1.82) is 0 Å². The van der Waals surface area contributed by atoms with Crippen molar-refractivity contribution < 1.29 is 37.8 Å². The first-order valence-electron chi connectivity index (χ1n) is 14.1. The van der Waals surface area contributed by atoms with Gasteiger partial charge in [0.25, 0.3) is 18.3 Å². The maximum atomic E-state index is 14.6. The summed E-state index contributed by atoms with van der Waals surface area (Å²) in [7, 11) is 2.74. The van der Waals surface area contributed by atoms with E-state index in [9.17, 15) is 23.2 Å². The highest BCUT2D eigenvalue weighted by atomic mass is 35.5. The van der Waals surface area contributed by atoms with Crippen LogP contribution in [0.4, 0.5) is 14.5 Å². The van der Waals surface area contributed by atoms with Gasteiger partial charge in [-0.2, -0.15) is 4.39 Å². The standard InChI is InChI=1S/C29H31ClF2N6O4.CH2O2/c1-36-22(20-5-6-23(42-2)26(32)25(20)31)16-34-27(36)28(40)35-18-3-4-19(21(30)14-18)29(41)38-11-9-37(10-12-38)24(39)13-17-7-8-33-15-17;2-1-3/h3-6,14,16-17,33H,7-13,15H2,1-2H3,(H,35,40);1H,(H,2,3). The number of amides is 3. The quantitative estimate of drug-likeness (QED) is 0.332. The van der Waals surface area contributed by atoms with Crippen molar-refractivity contribution in [2.45, 2.75) is 12.8 Å². The number of hydrogen-bond acceptors (Lipinski definition) is 7. The van der Waals surface area contributed by atoms with Gasteiger partial charge in [0.2, 0.25) is 11.7 Å². The molecule has 0 aliphatic carbocycles. The molecule has 3 amide bonds. The van der Waals surface area contributed by atoms with Crippen molar-refractivity contribution in [3.8, 4) is 17.0 Å². The molecular formula is C30H33ClF2N6O6. The molecular weight excluding hydrogens is 614 g/mol. The largest absolute Gasteiger partial charge is 0.494 e. The molecule has 12 nitrogen and oxygen atoms in total. The zero-order chi connectivity index (χ0) is 32.7. The molecule has 1 aromatic heterocycles. The topological polar surface area (TPSA) is 146 Å². The lowest BCUT2D eigenvalue weighted by atomic mass is 10.0. The molecule has 45 heavy (non-hydrogen) atoms. The predicted octanol–water partition coefficient (Wildman–Crippen LogP) is 3.26. The number of carbonyl (C=O) groups excluding carboxylic acids is 3. The average molecular weight is 647 g/mol. The van der Waals surface area contributed by atoms with E-state index in [1.54, 1.807) is 11.0 Å². The van der Waals surface area contributed by atoms with Crippen molar-refractivity contribution in [2.75, 3.05) is 51.7 Å². The Bertz CT molecular complexity index is 1570. The van der Waals surface area contributed by atoms with Crippen LogP contribution in [-0.4, -0.2) is 95.0 Å². The van der Waals surface area contributed by atoms with Crippen LogP contribution in [0.5, 0.6) is 5.75 Å². The molecule has 2 saturated heterocycles. The minimum absolute atomic E-state index is 0.0477. The van der Waals surface area contributed by atoms with Crippen molar-refractivity contribution in [1.82, 2.24) is 24.7 Å². The zero-order valence-electron chi connectivity index (χ0n) is 24.7. The Morgan fingerprint density at radius 1 is 1.13 bits per heavy atom. The van der Waals surface area contributed by atoms with E-state index in [1.807, 2.05) is 4.90 Å². The van der Waals surface area contributed by atoms with Gasteiger partial charge < -0.3 is 34.8 Å². The van der Waals surface area contributed by atoms with E-state index in [0.717, 1.165) is 19.5 Å². The minimum Gasteiger partial charge on any atom is -0.494 e. The number of imidazole rings is 1. The van der Waals surface area contributed by atoms with E-state index in [-0.39, 0.29) is 51.7 Å². The van der Waals surface area contributed by atoms with Gasteiger partial charge in [-0.1, -0.05) is 11.6 Å². The van der Waals surface area contributed by atoms with Crippen LogP contribution in [0.25, 0.3) is 11.3 Å². The Morgan fingerprint density at radius 2 is 1.82 bits per heavy atom. The van der Waals surface area contributed by atoms with Crippen molar-refractivity contribution >= 4 is 41.5 Å². The molecule has 3 N–H and O–H groups in total. The van der Waals surface area contributed by atoms with Gasteiger partial charge in [-0.15, -0.1) is 0 Å². The maximum absolute atomic E-state index is 14.6. The molecule has 3 aromatic rings. The predicted molar refractivity (Wildman–Crippen MR) is 161 cm³/mol. The number of rotatable bonds is 7. The van der Waals surface area contributed by atoms with Crippen LogP contribution in [0.15, 0.2) is 36.5 Å². The first kappa shape index (κ1) is 33.3. The van der Waals surface area contributed by atoms with Gasteiger partial charge in [0.15, 0.2) is 17.4 Å². The molecule has 5 rings (SSSR count). The second kappa shape index (κ2) is 14.9. The number of piperazine rings is 1. The number of benzene rings is 2. The number of nitrogens with zero attached hydrogens (tertiary/aromatic N) is 4. The van der Waals surface area contributed by atoms with Gasteiger partial charge in [0.05, 0.1) is 29.6 Å². The zero-order valence-corrected chi connectivity index (χ0v) is 25.4. The van der Waals surface area contributed by atoms with Crippen LogP contribution in [-0.2, 0) is 16.6 Å². The molecule has 2 aliphatic rings. The molecule has 0 radical (unpaired) electrons. The van der Waals surface area contributed by atoms with E-state index in [0.29, 0.717) is 44.2 Å². The second-order valence-corrected chi connectivity index (χ2v) is 10.9. The van der Waals surface area contributed by atoms with E-state index >= 15 is 0 Å². The molecule has 2 aliphatic heterocycles. The summed E-state index contributed by atoms with van der Waals surface area (Å²) in [5, 5.41) is 13.0. The lowest BCUT2D eigenvalue weighted by Crippen LogP contribution is -2.51. The average Bonchev–Trinajstić information content (AvgIpc) is 3.68. The maximum Gasteiger partial charge on any atom is 0.291 e. The summed E-state index contributed by atoms with van der Waals surface area (Å²) < 4.78 is 35.0. The molecule has 3 heterocycles. The van der Waals surface area contributed by atoms with Crippen LogP contribution >= 0.6 is 11.6 Å². The monoisotopic (exact) mass is 646 g/mol. The number of carbonyl (C=O) groups is 4. The van der Waals surface area contributed by atoms with E-state index in [1.165, 1.54) is 49.2 Å². The number of ether oxygens (including phenoxy) is 1. The molecule has 0 bridgehead atoms. The Balaban J connectivity index is 0.00000148. The van der Waals surface area contributed by atoms with Gasteiger partial charge in [0.1, 0.15) is 0 Å². The number of anilines is 1. The van der Waals surface area contributed by atoms with Gasteiger partial charge >= 0.3 is 0 Å². The third-order valence-corrected chi connectivity index (χ3v) is 8.05. The fraction of sp³-hybridized carbons (Fsp3) is 0.367. The van der Waals surface area contributed by atoms with Crippen molar-refractivity contribution in [3.05, 3.63) is 64.6 Å².